The summed E-state index contributed by atoms with van der Waals surface area (Å²) in [7, 11) is 0. The van der Waals surface area contributed by atoms with E-state index in [1.165, 1.54) is 5.56 Å². The third kappa shape index (κ3) is 3.49. The van der Waals surface area contributed by atoms with Gasteiger partial charge in [-0.15, -0.1) is 0 Å². The van der Waals surface area contributed by atoms with E-state index in [4.69, 9.17) is 10.3 Å². The van der Waals surface area contributed by atoms with Gasteiger partial charge in [-0.05, 0) is 36.3 Å². The number of hydrogen-bond donors (Lipinski definition) is 0. The van der Waals surface area contributed by atoms with Gasteiger partial charge in [0.25, 0.3) is 0 Å². The van der Waals surface area contributed by atoms with E-state index in [0.717, 1.165) is 19.3 Å². The Balaban J connectivity index is 1.82. The van der Waals surface area contributed by atoms with Gasteiger partial charge in [0.15, 0.2) is 0 Å². The molecule has 0 aliphatic heterocycles. The first kappa shape index (κ1) is 12.9. The predicted octanol–water partition coefficient (Wildman–Crippen LogP) is 4.07. The molecule has 0 N–H and O–H groups in total. The Hall–Kier alpha value is -1.51. The second kappa shape index (κ2) is 6.43. The number of hydrogen-bond acceptors (Lipinski definition) is 2. The summed E-state index contributed by atoms with van der Waals surface area (Å²) in [5.41, 5.74) is 9.66. The summed E-state index contributed by atoms with van der Waals surface area (Å²) >= 11 is 0. The van der Waals surface area contributed by atoms with Crippen molar-refractivity contribution in [2.45, 2.75) is 44.9 Å². The molecule has 1 saturated carbocycles. The van der Waals surface area contributed by atoms with E-state index in [9.17, 15) is 0 Å². The van der Waals surface area contributed by atoms with Crippen LogP contribution in [0.3, 0.4) is 0 Å². The van der Waals surface area contributed by atoms with Gasteiger partial charge in [0.05, 0.1) is 12.7 Å². The van der Waals surface area contributed by atoms with Crippen molar-refractivity contribution < 1.29 is 4.74 Å². The van der Waals surface area contributed by atoms with Crippen LogP contribution in [0.4, 0.5) is 0 Å². The zero-order valence-corrected chi connectivity index (χ0v) is 10.7. The Kier molecular flexibility index (Phi) is 4.62. The molecule has 0 radical (unpaired) electrons. The average Bonchev–Trinajstić information content (AvgIpc) is 2.39. The van der Waals surface area contributed by atoms with Crippen molar-refractivity contribution in [2.24, 2.45) is 11.0 Å². The zero-order chi connectivity index (χ0) is 12.8. The van der Waals surface area contributed by atoms with Gasteiger partial charge in [0.2, 0.25) is 0 Å². The van der Waals surface area contributed by atoms with E-state index in [1.807, 2.05) is 18.2 Å². The molecule has 4 nitrogen and oxygen atoms in total. The molecule has 1 aliphatic rings. The third-order valence-corrected chi connectivity index (χ3v) is 3.58. The van der Waals surface area contributed by atoms with Crippen molar-refractivity contribution in [2.75, 3.05) is 0 Å². The lowest BCUT2D eigenvalue weighted by Crippen LogP contribution is -2.31. The molecule has 3 atom stereocenters. The lowest BCUT2D eigenvalue weighted by molar-refractivity contribution is -0.0189. The Morgan fingerprint density at radius 1 is 1.33 bits per heavy atom. The molecular formula is C14H19N3O. The number of ether oxygens (including phenoxy) is 1. The van der Waals surface area contributed by atoms with Crippen LogP contribution in [0.5, 0.6) is 0 Å². The molecule has 0 heterocycles. The van der Waals surface area contributed by atoms with Crippen LogP contribution in [0.1, 0.15) is 31.7 Å². The SMILES string of the molecule is CC1CC(N=[N+]=[N-])CCC1OCc1ccccc1. The largest absolute Gasteiger partial charge is 0.373 e. The van der Waals surface area contributed by atoms with Gasteiger partial charge in [-0.25, -0.2) is 0 Å². The number of nitrogens with zero attached hydrogens (tertiary/aromatic N) is 3. The minimum Gasteiger partial charge on any atom is -0.373 e. The molecule has 4 heteroatoms. The smallest absolute Gasteiger partial charge is 0.0720 e. The van der Waals surface area contributed by atoms with Crippen molar-refractivity contribution >= 4 is 0 Å². The van der Waals surface area contributed by atoms with Crippen LogP contribution in [-0.4, -0.2) is 12.1 Å². The molecule has 1 aliphatic carbocycles. The lowest BCUT2D eigenvalue weighted by Gasteiger charge is -2.32. The van der Waals surface area contributed by atoms with Crippen LogP contribution in [0.15, 0.2) is 35.4 Å². The molecule has 0 amide bonds. The first-order valence-electron chi connectivity index (χ1n) is 6.49. The molecule has 0 aromatic heterocycles. The normalized spacial score (nSPS) is 27.5. The van der Waals surface area contributed by atoms with Gasteiger partial charge in [0, 0.05) is 11.0 Å². The minimum atomic E-state index is 0.154. The van der Waals surface area contributed by atoms with Crippen molar-refractivity contribution in [3.05, 3.63) is 46.3 Å². The predicted molar refractivity (Wildman–Crippen MR) is 71.0 cm³/mol. The fourth-order valence-corrected chi connectivity index (χ4v) is 2.54. The first-order chi connectivity index (χ1) is 8.79. The molecule has 18 heavy (non-hydrogen) atoms. The minimum absolute atomic E-state index is 0.154. The molecule has 0 spiro atoms. The van der Waals surface area contributed by atoms with Gasteiger partial charge in [-0.1, -0.05) is 42.4 Å². The van der Waals surface area contributed by atoms with E-state index in [0.29, 0.717) is 12.5 Å². The monoisotopic (exact) mass is 245 g/mol. The first-order valence-corrected chi connectivity index (χ1v) is 6.49. The third-order valence-electron chi connectivity index (χ3n) is 3.58. The summed E-state index contributed by atoms with van der Waals surface area (Å²) in [6.45, 7) is 2.84. The maximum absolute atomic E-state index is 8.45. The Bertz CT molecular complexity index is 414. The van der Waals surface area contributed by atoms with Crippen LogP contribution >= 0.6 is 0 Å². The van der Waals surface area contributed by atoms with Crippen molar-refractivity contribution in [3.63, 3.8) is 0 Å². The molecule has 3 unspecified atom stereocenters. The highest BCUT2D eigenvalue weighted by molar-refractivity contribution is 5.13. The molecule has 1 aromatic rings. The van der Waals surface area contributed by atoms with Gasteiger partial charge >= 0.3 is 0 Å². The van der Waals surface area contributed by atoms with E-state index < -0.39 is 0 Å². The van der Waals surface area contributed by atoms with Crippen molar-refractivity contribution in [3.8, 4) is 0 Å². The lowest BCUT2D eigenvalue weighted by atomic mass is 9.85. The van der Waals surface area contributed by atoms with Gasteiger partial charge < -0.3 is 4.74 Å². The van der Waals surface area contributed by atoms with Crippen LogP contribution < -0.4 is 0 Å². The molecular weight excluding hydrogens is 226 g/mol. The highest BCUT2D eigenvalue weighted by Gasteiger charge is 2.27. The van der Waals surface area contributed by atoms with Gasteiger partial charge in [-0.3, -0.25) is 0 Å². The fraction of sp³-hybridized carbons (Fsp3) is 0.571. The van der Waals surface area contributed by atoms with Crippen LogP contribution in [0.2, 0.25) is 0 Å². The van der Waals surface area contributed by atoms with Crippen LogP contribution in [-0.2, 0) is 11.3 Å². The van der Waals surface area contributed by atoms with Crippen LogP contribution in [0, 0.1) is 5.92 Å². The van der Waals surface area contributed by atoms with E-state index in [1.54, 1.807) is 0 Å². The average molecular weight is 245 g/mol. The summed E-state index contributed by atoms with van der Waals surface area (Å²) < 4.78 is 5.97. The van der Waals surface area contributed by atoms with E-state index in [-0.39, 0.29) is 12.1 Å². The number of rotatable bonds is 4. The fourth-order valence-electron chi connectivity index (χ4n) is 2.54. The summed E-state index contributed by atoms with van der Waals surface area (Å²) in [5, 5.41) is 3.81. The molecule has 2 rings (SSSR count). The summed E-state index contributed by atoms with van der Waals surface area (Å²) in [4.78, 5) is 2.90. The second-order valence-corrected chi connectivity index (χ2v) is 4.98. The maximum Gasteiger partial charge on any atom is 0.0720 e. The Labute approximate surface area is 108 Å². The zero-order valence-electron chi connectivity index (χ0n) is 10.7. The second-order valence-electron chi connectivity index (χ2n) is 4.98. The van der Waals surface area contributed by atoms with Crippen molar-refractivity contribution in [1.29, 1.82) is 0 Å². The highest BCUT2D eigenvalue weighted by atomic mass is 16.5. The molecule has 0 saturated heterocycles. The van der Waals surface area contributed by atoms with Gasteiger partial charge in [0.1, 0.15) is 0 Å². The summed E-state index contributed by atoms with van der Waals surface area (Å²) in [6, 6.07) is 10.4. The number of azide groups is 1. The van der Waals surface area contributed by atoms with Crippen molar-refractivity contribution in [1.82, 2.24) is 0 Å². The summed E-state index contributed by atoms with van der Waals surface area (Å²) in [5.74, 6) is 0.456. The topological polar surface area (TPSA) is 58.0 Å². The van der Waals surface area contributed by atoms with Crippen LogP contribution in [0.25, 0.3) is 10.4 Å². The molecule has 96 valence electrons. The van der Waals surface area contributed by atoms with E-state index in [2.05, 4.69) is 29.1 Å². The molecule has 1 aromatic carbocycles. The summed E-state index contributed by atoms with van der Waals surface area (Å²) in [6.07, 6.45) is 3.14. The number of benzene rings is 1. The Morgan fingerprint density at radius 2 is 2.11 bits per heavy atom. The quantitative estimate of drug-likeness (QED) is 0.448. The van der Waals surface area contributed by atoms with Gasteiger partial charge in [-0.2, -0.15) is 0 Å². The highest BCUT2D eigenvalue weighted by Crippen LogP contribution is 2.29. The molecule has 1 fully saturated rings. The standard InChI is InChI=1S/C14H19N3O/c1-11-9-13(16-17-15)7-8-14(11)18-10-12-5-3-2-4-6-12/h2-6,11,13-14H,7-10H2,1H3. The Morgan fingerprint density at radius 3 is 2.78 bits per heavy atom. The van der Waals surface area contributed by atoms with E-state index >= 15 is 0 Å². The molecule has 0 bridgehead atoms. The maximum atomic E-state index is 8.45.